The molecule has 1 amide bonds. The van der Waals surface area contributed by atoms with Gasteiger partial charge in [-0.3, -0.25) is 14.7 Å². The Morgan fingerprint density at radius 3 is 2.50 bits per heavy atom. The maximum absolute atomic E-state index is 12.5. The molecule has 24 heavy (non-hydrogen) atoms. The van der Waals surface area contributed by atoms with Crippen LogP contribution in [0.15, 0.2) is 48.8 Å². The van der Waals surface area contributed by atoms with E-state index in [-0.39, 0.29) is 11.3 Å². The van der Waals surface area contributed by atoms with Crippen LogP contribution in [0, 0.1) is 5.41 Å². The van der Waals surface area contributed by atoms with E-state index in [1.165, 1.54) is 5.56 Å². The molecule has 1 aromatic carbocycles. The van der Waals surface area contributed by atoms with Crippen molar-refractivity contribution in [1.29, 1.82) is 0 Å². The summed E-state index contributed by atoms with van der Waals surface area (Å²) in [5, 5.41) is 9.35. The van der Waals surface area contributed by atoms with Crippen molar-refractivity contribution in [3.05, 3.63) is 59.9 Å². The minimum Gasteiger partial charge on any atom is -0.508 e. The number of carbonyl (C=O) groups excluding carboxylic acids is 1. The lowest BCUT2D eigenvalue weighted by atomic mass is 9.79. The van der Waals surface area contributed by atoms with E-state index in [1.54, 1.807) is 36.7 Å². The summed E-state index contributed by atoms with van der Waals surface area (Å²) in [5.74, 6) is 0.422. The molecule has 2 aliphatic heterocycles. The van der Waals surface area contributed by atoms with E-state index in [1.807, 2.05) is 17.0 Å². The largest absolute Gasteiger partial charge is 0.508 e. The second kappa shape index (κ2) is 5.91. The Morgan fingerprint density at radius 1 is 1.08 bits per heavy atom. The number of rotatable bonds is 3. The molecule has 3 heterocycles. The number of phenolic OH excluding ortho intramolecular Hbond substituents is 1. The van der Waals surface area contributed by atoms with Crippen molar-refractivity contribution < 1.29 is 9.90 Å². The maximum atomic E-state index is 12.5. The molecule has 124 valence electrons. The number of phenols is 1. The standard InChI is InChI=1S/C19H21N3O2/c23-17-3-1-15(2-4-17)11-21-12-19(13-21)7-10-22(14-19)18(24)16-5-8-20-9-6-16/h1-6,8-9,23H,7,10-14H2. The van der Waals surface area contributed by atoms with Gasteiger partial charge in [0, 0.05) is 56.1 Å². The fraction of sp³-hybridized carbons (Fsp3) is 0.368. The summed E-state index contributed by atoms with van der Waals surface area (Å²) in [6, 6.07) is 11.0. The van der Waals surface area contributed by atoms with Crippen molar-refractivity contribution in [2.24, 2.45) is 5.41 Å². The molecule has 0 unspecified atom stereocenters. The third-order valence-corrected chi connectivity index (χ3v) is 5.11. The predicted molar refractivity (Wildman–Crippen MR) is 90.6 cm³/mol. The van der Waals surface area contributed by atoms with Crippen LogP contribution in [0.1, 0.15) is 22.3 Å². The van der Waals surface area contributed by atoms with Gasteiger partial charge in [0.2, 0.25) is 0 Å². The van der Waals surface area contributed by atoms with Crippen LogP contribution in [0.25, 0.3) is 0 Å². The number of benzene rings is 1. The Bertz CT molecular complexity index is 724. The van der Waals surface area contributed by atoms with Gasteiger partial charge in [-0.2, -0.15) is 0 Å². The average Bonchev–Trinajstić information content (AvgIpc) is 3.02. The summed E-state index contributed by atoms with van der Waals surface area (Å²) in [6.45, 7) is 4.66. The normalized spacial score (nSPS) is 19.4. The number of aromatic nitrogens is 1. The van der Waals surface area contributed by atoms with E-state index >= 15 is 0 Å². The Hall–Kier alpha value is -2.40. The number of hydrogen-bond acceptors (Lipinski definition) is 4. The number of carbonyl (C=O) groups is 1. The van der Waals surface area contributed by atoms with Gasteiger partial charge in [-0.05, 0) is 36.2 Å². The SMILES string of the molecule is O=C(c1ccncc1)N1CCC2(CN(Cc3ccc(O)cc3)C2)C1. The zero-order valence-corrected chi connectivity index (χ0v) is 13.6. The Morgan fingerprint density at radius 2 is 1.79 bits per heavy atom. The summed E-state index contributed by atoms with van der Waals surface area (Å²) in [6.07, 6.45) is 4.42. The molecule has 1 N–H and O–H groups in total. The van der Waals surface area contributed by atoms with Gasteiger partial charge < -0.3 is 10.0 Å². The minimum absolute atomic E-state index is 0.117. The lowest BCUT2D eigenvalue weighted by Crippen LogP contribution is -2.57. The van der Waals surface area contributed by atoms with E-state index in [0.717, 1.165) is 44.7 Å². The molecule has 2 saturated heterocycles. The lowest BCUT2D eigenvalue weighted by molar-refractivity contribution is 0.00260. The van der Waals surface area contributed by atoms with Gasteiger partial charge in [0.15, 0.2) is 0 Å². The molecule has 2 aliphatic rings. The first-order chi connectivity index (χ1) is 11.6. The van der Waals surface area contributed by atoms with E-state index in [4.69, 9.17) is 0 Å². The average molecular weight is 323 g/mol. The van der Waals surface area contributed by atoms with E-state index in [9.17, 15) is 9.90 Å². The minimum atomic E-state index is 0.117. The summed E-state index contributed by atoms with van der Waals surface area (Å²) >= 11 is 0. The monoisotopic (exact) mass is 323 g/mol. The number of hydrogen-bond donors (Lipinski definition) is 1. The van der Waals surface area contributed by atoms with Crippen molar-refractivity contribution in [2.75, 3.05) is 26.2 Å². The Kier molecular flexibility index (Phi) is 3.73. The van der Waals surface area contributed by atoms with Crippen LogP contribution in [0.4, 0.5) is 0 Å². The van der Waals surface area contributed by atoms with Gasteiger partial charge in [0.1, 0.15) is 5.75 Å². The predicted octanol–water partition coefficient (Wildman–Crippen LogP) is 2.14. The van der Waals surface area contributed by atoms with Crippen molar-refractivity contribution in [2.45, 2.75) is 13.0 Å². The molecule has 4 rings (SSSR count). The van der Waals surface area contributed by atoms with E-state index in [2.05, 4.69) is 9.88 Å². The summed E-state index contributed by atoms with van der Waals surface area (Å²) < 4.78 is 0. The van der Waals surface area contributed by atoms with Crippen LogP contribution < -0.4 is 0 Å². The topological polar surface area (TPSA) is 56.7 Å². The molecule has 1 aromatic heterocycles. The number of amides is 1. The fourth-order valence-electron chi connectivity index (χ4n) is 3.92. The highest BCUT2D eigenvalue weighted by molar-refractivity contribution is 5.94. The van der Waals surface area contributed by atoms with Crippen LogP contribution in [0.2, 0.25) is 0 Å². The molecule has 0 aliphatic carbocycles. The second-order valence-electron chi connectivity index (χ2n) is 7.02. The highest BCUT2D eigenvalue weighted by Gasteiger charge is 2.48. The maximum Gasteiger partial charge on any atom is 0.253 e. The molecule has 0 radical (unpaired) electrons. The van der Waals surface area contributed by atoms with Crippen molar-refractivity contribution in [1.82, 2.24) is 14.8 Å². The quantitative estimate of drug-likeness (QED) is 0.940. The first-order valence-electron chi connectivity index (χ1n) is 8.33. The van der Waals surface area contributed by atoms with Crippen molar-refractivity contribution in [3.63, 3.8) is 0 Å². The fourth-order valence-corrected chi connectivity index (χ4v) is 3.92. The van der Waals surface area contributed by atoms with Gasteiger partial charge in [-0.25, -0.2) is 0 Å². The van der Waals surface area contributed by atoms with Gasteiger partial charge in [-0.1, -0.05) is 12.1 Å². The zero-order chi connectivity index (χ0) is 16.6. The molecule has 2 fully saturated rings. The van der Waals surface area contributed by atoms with Gasteiger partial charge >= 0.3 is 0 Å². The molecule has 5 heteroatoms. The van der Waals surface area contributed by atoms with Crippen molar-refractivity contribution >= 4 is 5.91 Å². The van der Waals surface area contributed by atoms with E-state index < -0.39 is 0 Å². The van der Waals surface area contributed by atoms with Crippen molar-refractivity contribution in [3.8, 4) is 5.75 Å². The number of likely N-dealkylation sites (tertiary alicyclic amines) is 2. The summed E-state index contributed by atoms with van der Waals surface area (Å²) in [7, 11) is 0. The first kappa shape index (κ1) is 15.1. The number of pyridine rings is 1. The zero-order valence-electron chi connectivity index (χ0n) is 13.6. The lowest BCUT2D eigenvalue weighted by Gasteiger charge is -2.48. The van der Waals surface area contributed by atoms with Gasteiger partial charge in [-0.15, -0.1) is 0 Å². The van der Waals surface area contributed by atoms with Crippen LogP contribution in [-0.2, 0) is 6.54 Å². The smallest absolute Gasteiger partial charge is 0.253 e. The molecule has 0 bridgehead atoms. The molecule has 0 saturated carbocycles. The molecular formula is C19H21N3O2. The van der Waals surface area contributed by atoms with Crippen LogP contribution in [0.3, 0.4) is 0 Å². The molecule has 0 atom stereocenters. The van der Waals surface area contributed by atoms with Crippen LogP contribution in [-0.4, -0.2) is 52.0 Å². The Labute approximate surface area is 141 Å². The van der Waals surface area contributed by atoms with Gasteiger partial charge in [0.25, 0.3) is 5.91 Å². The first-order valence-corrected chi connectivity index (χ1v) is 8.33. The molecule has 1 spiro atoms. The Balaban J connectivity index is 1.33. The van der Waals surface area contributed by atoms with E-state index in [0.29, 0.717) is 5.75 Å². The van der Waals surface area contributed by atoms with Crippen LogP contribution >= 0.6 is 0 Å². The second-order valence-corrected chi connectivity index (χ2v) is 7.02. The number of nitrogens with zero attached hydrogens (tertiary/aromatic N) is 3. The van der Waals surface area contributed by atoms with Crippen LogP contribution in [0.5, 0.6) is 5.75 Å². The third-order valence-electron chi connectivity index (χ3n) is 5.11. The number of aromatic hydroxyl groups is 1. The molecule has 5 nitrogen and oxygen atoms in total. The highest BCUT2D eigenvalue weighted by Crippen LogP contribution is 2.40. The highest BCUT2D eigenvalue weighted by atomic mass is 16.3. The third kappa shape index (κ3) is 2.87. The molecule has 2 aromatic rings. The summed E-state index contributed by atoms with van der Waals surface area (Å²) in [5.41, 5.74) is 2.20. The summed E-state index contributed by atoms with van der Waals surface area (Å²) in [4.78, 5) is 20.9. The molecular weight excluding hydrogens is 302 g/mol. The van der Waals surface area contributed by atoms with Gasteiger partial charge in [0.05, 0.1) is 0 Å².